The van der Waals surface area contributed by atoms with Crippen LogP contribution in [0.5, 0.6) is 0 Å². The van der Waals surface area contributed by atoms with E-state index in [1.165, 1.54) is 6.42 Å². The van der Waals surface area contributed by atoms with Crippen LogP contribution in [0.25, 0.3) is 0 Å². The van der Waals surface area contributed by atoms with E-state index in [1.807, 2.05) is 7.05 Å². The van der Waals surface area contributed by atoms with Crippen LogP contribution in [0, 0.1) is 0 Å². The number of aliphatic hydroxyl groups is 1. The summed E-state index contributed by atoms with van der Waals surface area (Å²) in [6.45, 7) is 7.23. The van der Waals surface area contributed by atoms with Gasteiger partial charge in [0.15, 0.2) is 0 Å². The molecule has 0 radical (unpaired) electrons. The monoisotopic (exact) mass is 292 g/mol. The highest BCUT2D eigenvalue weighted by Crippen LogP contribution is 2.33. The van der Waals surface area contributed by atoms with Crippen molar-refractivity contribution in [1.82, 2.24) is 9.97 Å². The van der Waals surface area contributed by atoms with Crippen molar-refractivity contribution in [1.29, 1.82) is 0 Å². The van der Waals surface area contributed by atoms with Crippen LogP contribution in [0.15, 0.2) is 6.33 Å². The molecule has 21 heavy (non-hydrogen) atoms. The summed E-state index contributed by atoms with van der Waals surface area (Å²) < 4.78 is 0. The zero-order valence-electron chi connectivity index (χ0n) is 13.6. The molecule has 0 aromatic carbocycles. The lowest BCUT2D eigenvalue weighted by Gasteiger charge is -2.37. The van der Waals surface area contributed by atoms with Gasteiger partial charge in [0.1, 0.15) is 18.0 Å². The molecule has 2 atom stereocenters. The van der Waals surface area contributed by atoms with Gasteiger partial charge >= 0.3 is 0 Å². The van der Waals surface area contributed by atoms with E-state index >= 15 is 0 Å². The normalized spacial score (nSPS) is 22.4. The van der Waals surface area contributed by atoms with Gasteiger partial charge in [-0.2, -0.15) is 0 Å². The summed E-state index contributed by atoms with van der Waals surface area (Å²) in [7, 11) is 2.04. The highest BCUT2D eigenvalue weighted by atomic mass is 16.3. The molecule has 5 heteroatoms. The number of nitrogens with zero attached hydrogens (tertiary/aromatic N) is 3. The minimum atomic E-state index is -0.263. The Balaban J connectivity index is 2.35. The van der Waals surface area contributed by atoms with Crippen molar-refractivity contribution < 1.29 is 5.11 Å². The SMILES string of the molecule is CCNc1ncnc(N(C)C2CCCCC2O)c1C(C)C. The third-order valence-corrected chi connectivity index (χ3v) is 4.31. The molecule has 0 bridgehead atoms. The van der Waals surface area contributed by atoms with Crippen LogP contribution < -0.4 is 10.2 Å². The largest absolute Gasteiger partial charge is 0.391 e. The maximum absolute atomic E-state index is 10.3. The maximum Gasteiger partial charge on any atom is 0.137 e. The molecule has 2 rings (SSSR count). The van der Waals surface area contributed by atoms with Crippen LogP contribution in [-0.2, 0) is 0 Å². The summed E-state index contributed by atoms with van der Waals surface area (Å²) in [6.07, 6.45) is 5.56. The van der Waals surface area contributed by atoms with Crippen molar-refractivity contribution in [2.45, 2.75) is 64.5 Å². The van der Waals surface area contributed by atoms with Crippen LogP contribution in [0.4, 0.5) is 11.6 Å². The van der Waals surface area contributed by atoms with Gasteiger partial charge in [0.25, 0.3) is 0 Å². The molecule has 1 fully saturated rings. The molecule has 1 aliphatic rings. The fourth-order valence-electron chi connectivity index (χ4n) is 3.21. The van der Waals surface area contributed by atoms with Gasteiger partial charge in [-0.1, -0.05) is 26.7 Å². The summed E-state index contributed by atoms with van der Waals surface area (Å²) in [5.74, 6) is 2.19. The molecule has 0 aliphatic heterocycles. The topological polar surface area (TPSA) is 61.3 Å². The van der Waals surface area contributed by atoms with Crippen LogP contribution in [0.2, 0.25) is 0 Å². The molecule has 0 spiro atoms. The van der Waals surface area contributed by atoms with Gasteiger partial charge in [-0.05, 0) is 25.7 Å². The molecule has 2 unspecified atom stereocenters. The third kappa shape index (κ3) is 3.46. The highest BCUT2D eigenvalue weighted by molar-refractivity contribution is 5.60. The molecule has 0 amide bonds. The number of likely N-dealkylation sites (N-methyl/N-ethyl adjacent to an activating group) is 1. The average Bonchev–Trinajstić information content (AvgIpc) is 2.47. The molecule has 5 nitrogen and oxygen atoms in total. The van der Waals surface area contributed by atoms with E-state index in [-0.39, 0.29) is 12.1 Å². The molecule has 118 valence electrons. The van der Waals surface area contributed by atoms with Crippen molar-refractivity contribution in [3.63, 3.8) is 0 Å². The Morgan fingerprint density at radius 1 is 1.33 bits per heavy atom. The number of nitrogens with one attached hydrogen (secondary N) is 1. The number of hydrogen-bond acceptors (Lipinski definition) is 5. The lowest BCUT2D eigenvalue weighted by atomic mass is 9.91. The zero-order valence-corrected chi connectivity index (χ0v) is 13.6. The Morgan fingerprint density at radius 3 is 2.67 bits per heavy atom. The van der Waals surface area contributed by atoms with E-state index in [1.54, 1.807) is 6.33 Å². The number of hydrogen-bond donors (Lipinski definition) is 2. The summed E-state index contributed by atoms with van der Waals surface area (Å²) in [6, 6.07) is 0.153. The predicted octanol–water partition coefficient (Wildman–Crippen LogP) is 2.77. The quantitative estimate of drug-likeness (QED) is 0.874. The van der Waals surface area contributed by atoms with Gasteiger partial charge in [-0.15, -0.1) is 0 Å². The molecule has 1 aromatic heterocycles. The predicted molar refractivity (Wildman–Crippen MR) is 87.0 cm³/mol. The van der Waals surface area contributed by atoms with Crippen LogP contribution in [0.1, 0.15) is 57.9 Å². The van der Waals surface area contributed by atoms with Gasteiger partial charge in [0.05, 0.1) is 12.1 Å². The molecule has 1 heterocycles. The lowest BCUT2D eigenvalue weighted by molar-refractivity contribution is 0.106. The fourth-order valence-corrected chi connectivity index (χ4v) is 3.21. The summed E-state index contributed by atoms with van der Waals surface area (Å²) >= 11 is 0. The molecule has 1 aromatic rings. The third-order valence-electron chi connectivity index (χ3n) is 4.31. The van der Waals surface area contributed by atoms with E-state index in [9.17, 15) is 5.11 Å². The smallest absolute Gasteiger partial charge is 0.137 e. The van der Waals surface area contributed by atoms with E-state index < -0.39 is 0 Å². The number of aromatic nitrogens is 2. The first-order chi connectivity index (χ1) is 10.1. The van der Waals surface area contributed by atoms with Gasteiger partial charge in [0, 0.05) is 19.2 Å². The molecule has 1 aliphatic carbocycles. The van der Waals surface area contributed by atoms with Crippen molar-refractivity contribution in [2.24, 2.45) is 0 Å². The molecular weight excluding hydrogens is 264 g/mol. The zero-order chi connectivity index (χ0) is 15.4. The van der Waals surface area contributed by atoms with Crippen LogP contribution in [0.3, 0.4) is 0 Å². The second-order valence-corrected chi connectivity index (χ2v) is 6.17. The van der Waals surface area contributed by atoms with Crippen LogP contribution in [-0.4, -0.2) is 40.8 Å². The number of aliphatic hydroxyl groups excluding tert-OH is 1. The van der Waals surface area contributed by atoms with E-state index in [0.29, 0.717) is 5.92 Å². The summed E-state index contributed by atoms with van der Waals surface area (Å²) in [5, 5.41) is 13.6. The molecule has 2 N–H and O–H groups in total. The Kier molecular flexibility index (Phi) is 5.39. The van der Waals surface area contributed by atoms with E-state index in [0.717, 1.165) is 43.0 Å². The molecular formula is C16H28N4O. The Bertz CT molecular complexity index is 464. The van der Waals surface area contributed by atoms with Crippen LogP contribution >= 0.6 is 0 Å². The Morgan fingerprint density at radius 2 is 2.05 bits per heavy atom. The Labute approximate surface area is 127 Å². The van der Waals surface area contributed by atoms with Gasteiger partial charge in [0.2, 0.25) is 0 Å². The van der Waals surface area contributed by atoms with Crippen molar-refractivity contribution in [3.05, 3.63) is 11.9 Å². The lowest BCUT2D eigenvalue weighted by Crippen LogP contribution is -2.44. The van der Waals surface area contributed by atoms with Crippen molar-refractivity contribution in [2.75, 3.05) is 23.8 Å². The van der Waals surface area contributed by atoms with Gasteiger partial charge in [-0.3, -0.25) is 0 Å². The average molecular weight is 292 g/mol. The minimum Gasteiger partial charge on any atom is -0.391 e. The first-order valence-corrected chi connectivity index (χ1v) is 8.05. The van der Waals surface area contributed by atoms with Crippen molar-refractivity contribution >= 4 is 11.6 Å². The number of anilines is 2. The fraction of sp³-hybridized carbons (Fsp3) is 0.750. The standard InChI is InChI=1S/C16H28N4O/c1-5-17-15-14(11(2)3)16(19-10-18-15)20(4)12-8-6-7-9-13(12)21/h10-13,21H,5-9H2,1-4H3,(H,17,18,19). The number of rotatable bonds is 5. The van der Waals surface area contributed by atoms with Crippen molar-refractivity contribution in [3.8, 4) is 0 Å². The van der Waals surface area contributed by atoms with Gasteiger partial charge in [-0.25, -0.2) is 9.97 Å². The second-order valence-electron chi connectivity index (χ2n) is 6.17. The summed E-state index contributed by atoms with van der Waals surface area (Å²) in [5.41, 5.74) is 1.14. The minimum absolute atomic E-state index is 0.153. The Hall–Kier alpha value is -1.36. The van der Waals surface area contributed by atoms with E-state index in [2.05, 4.69) is 41.0 Å². The first-order valence-electron chi connectivity index (χ1n) is 8.05. The van der Waals surface area contributed by atoms with E-state index in [4.69, 9.17) is 0 Å². The molecule has 0 saturated heterocycles. The first kappa shape index (κ1) is 16.0. The molecule has 1 saturated carbocycles. The summed E-state index contributed by atoms with van der Waals surface area (Å²) in [4.78, 5) is 11.1. The maximum atomic E-state index is 10.3. The highest BCUT2D eigenvalue weighted by Gasteiger charge is 2.29. The second kappa shape index (κ2) is 7.07. The van der Waals surface area contributed by atoms with Gasteiger partial charge < -0.3 is 15.3 Å².